The number of para-hydroxylation sites is 2. The van der Waals surface area contributed by atoms with E-state index >= 15 is 0 Å². The normalized spacial score (nSPS) is 11.6. The van der Waals surface area contributed by atoms with Crippen molar-refractivity contribution in [3.05, 3.63) is 90.0 Å². The summed E-state index contributed by atoms with van der Waals surface area (Å²) in [6.45, 7) is 2.67. The van der Waals surface area contributed by atoms with Gasteiger partial charge in [0.2, 0.25) is 0 Å². The van der Waals surface area contributed by atoms with Crippen molar-refractivity contribution in [1.82, 2.24) is 10.4 Å². The number of hydrazone groups is 1. The Balaban J connectivity index is 1.47. The van der Waals surface area contributed by atoms with E-state index < -0.39 is 0 Å². The standard InChI is InChI=1S/C25H24N4O2S/c1-2-21(19-12-14-20(30)15-13-19)27-28-24(31)17-32-25-26-22-10-6-7-11-23(22)29(25)16-18-8-4-3-5-9-18/h3-15H,2,16-17H2,1H3,(H2,27,28,30,31). The number of carbonyl (C=O) groups excluding carboxylic acids is 1. The second-order valence-corrected chi connectivity index (χ2v) is 8.24. The van der Waals surface area contributed by atoms with Gasteiger partial charge >= 0.3 is 5.16 Å². The molecule has 162 valence electrons. The topological polar surface area (TPSA) is 84.2 Å². The highest BCUT2D eigenvalue weighted by Gasteiger charge is 2.20. The third-order valence-electron chi connectivity index (χ3n) is 5.04. The first-order chi connectivity index (χ1) is 15.6. The molecule has 0 saturated carbocycles. The molecule has 1 heterocycles. The molecule has 0 bridgehead atoms. The first-order valence-electron chi connectivity index (χ1n) is 10.4. The molecule has 7 heteroatoms. The number of aromatic amines is 1. The SMILES string of the molecule is CC/C(=N/NC(=O)CSc1[nH]c2ccccc2[n+]1Cc1ccccc1)c1ccc([O-])cc1. The minimum absolute atomic E-state index is 0.0493. The average molecular weight is 445 g/mol. The number of imidazole rings is 1. The number of H-pyrrole nitrogens is 1. The lowest BCUT2D eigenvalue weighted by atomic mass is 10.1. The Morgan fingerprint density at radius 2 is 1.75 bits per heavy atom. The largest absolute Gasteiger partial charge is 0.872 e. The highest BCUT2D eigenvalue weighted by molar-refractivity contribution is 7.99. The third-order valence-corrected chi connectivity index (χ3v) is 6.05. The molecule has 0 fully saturated rings. The van der Waals surface area contributed by atoms with E-state index in [4.69, 9.17) is 0 Å². The maximum absolute atomic E-state index is 12.5. The molecule has 6 nitrogen and oxygen atoms in total. The molecule has 0 aliphatic heterocycles. The van der Waals surface area contributed by atoms with Gasteiger partial charge in [-0.15, -0.1) is 5.75 Å². The summed E-state index contributed by atoms with van der Waals surface area (Å²) in [5, 5.41) is 16.5. The quantitative estimate of drug-likeness (QED) is 0.188. The molecule has 0 unspecified atom stereocenters. The van der Waals surface area contributed by atoms with Crippen LogP contribution in [0.4, 0.5) is 0 Å². The molecule has 0 saturated heterocycles. The van der Waals surface area contributed by atoms with Crippen molar-refractivity contribution in [1.29, 1.82) is 0 Å². The molecule has 32 heavy (non-hydrogen) atoms. The van der Waals surface area contributed by atoms with E-state index in [1.807, 2.05) is 43.3 Å². The first kappa shape index (κ1) is 21.6. The van der Waals surface area contributed by atoms with Crippen molar-refractivity contribution in [2.45, 2.75) is 25.0 Å². The molecular formula is C25H24N4O2S. The predicted octanol–water partition coefficient (Wildman–Crippen LogP) is 3.60. The number of thioether (sulfide) groups is 1. The molecular weight excluding hydrogens is 420 g/mol. The minimum atomic E-state index is -0.189. The summed E-state index contributed by atoms with van der Waals surface area (Å²) >= 11 is 1.44. The summed E-state index contributed by atoms with van der Waals surface area (Å²) in [6, 6.07) is 24.8. The summed E-state index contributed by atoms with van der Waals surface area (Å²) in [4.78, 5) is 15.9. The summed E-state index contributed by atoms with van der Waals surface area (Å²) in [5.74, 6) is -0.0141. The fourth-order valence-corrected chi connectivity index (χ4v) is 4.27. The molecule has 2 N–H and O–H groups in total. The number of amides is 1. The number of fused-ring (bicyclic) bond motifs is 1. The number of hydrogen-bond donors (Lipinski definition) is 2. The van der Waals surface area contributed by atoms with E-state index in [1.165, 1.54) is 29.5 Å². The second kappa shape index (κ2) is 10.2. The van der Waals surface area contributed by atoms with Gasteiger partial charge in [0, 0.05) is 0 Å². The summed E-state index contributed by atoms with van der Waals surface area (Å²) < 4.78 is 2.19. The smallest absolute Gasteiger partial charge is 0.317 e. The zero-order chi connectivity index (χ0) is 22.3. The monoisotopic (exact) mass is 444 g/mol. The van der Waals surface area contributed by atoms with Crippen LogP contribution in [0.25, 0.3) is 11.0 Å². The zero-order valence-electron chi connectivity index (χ0n) is 17.7. The average Bonchev–Trinajstić information content (AvgIpc) is 3.17. The van der Waals surface area contributed by atoms with Gasteiger partial charge in [0.15, 0.2) is 11.0 Å². The van der Waals surface area contributed by atoms with Gasteiger partial charge in [-0.3, -0.25) is 4.79 Å². The zero-order valence-corrected chi connectivity index (χ0v) is 18.6. The van der Waals surface area contributed by atoms with Crippen LogP contribution >= 0.6 is 11.8 Å². The summed E-state index contributed by atoms with van der Waals surface area (Å²) in [6.07, 6.45) is 0.644. The number of hydrogen-bond acceptors (Lipinski definition) is 4. The van der Waals surface area contributed by atoms with Gasteiger partial charge < -0.3 is 5.11 Å². The number of nitrogens with zero attached hydrogens (tertiary/aromatic N) is 2. The van der Waals surface area contributed by atoms with Crippen LogP contribution in [0.2, 0.25) is 0 Å². The van der Waals surface area contributed by atoms with Crippen LogP contribution in [0.15, 0.2) is 89.1 Å². The molecule has 4 aromatic rings. The number of benzene rings is 3. The molecule has 1 aromatic heterocycles. The lowest BCUT2D eigenvalue weighted by Gasteiger charge is -2.08. The van der Waals surface area contributed by atoms with Crippen molar-refractivity contribution in [3.8, 4) is 5.75 Å². The highest BCUT2D eigenvalue weighted by atomic mass is 32.2. The molecule has 0 radical (unpaired) electrons. The lowest BCUT2D eigenvalue weighted by Crippen LogP contribution is -2.36. The van der Waals surface area contributed by atoms with Crippen molar-refractivity contribution >= 4 is 34.4 Å². The maximum Gasteiger partial charge on any atom is 0.317 e. The molecule has 1 amide bonds. The van der Waals surface area contributed by atoms with E-state index in [1.54, 1.807) is 12.1 Å². The number of aromatic nitrogens is 2. The summed E-state index contributed by atoms with van der Waals surface area (Å²) in [7, 11) is 0. The van der Waals surface area contributed by atoms with Crippen LogP contribution in [0.5, 0.6) is 5.75 Å². The van der Waals surface area contributed by atoms with E-state index in [0.29, 0.717) is 13.0 Å². The van der Waals surface area contributed by atoms with Crippen LogP contribution in [0.1, 0.15) is 24.5 Å². The van der Waals surface area contributed by atoms with Crippen molar-refractivity contribution < 1.29 is 14.5 Å². The Hall–Kier alpha value is -3.58. The van der Waals surface area contributed by atoms with Crippen molar-refractivity contribution in [2.75, 3.05) is 5.75 Å². The fraction of sp³-hybridized carbons (Fsp3) is 0.160. The van der Waals surface area contributed by atoms with Crippen molar-refractivity contribution in [2.24, 2.45) is 5.10 Å². The lowest BCUT2D eigenvalue weighted by molar-refractivity contribution is -0.700. The van der Waals surface area contributed by atoms with Crippen LogP contribution in [-0.4, -0.2) is 22.4 Å². The van der Waals surface area contributed by atoms with Crippen LogP contribution in [-0.2, 0) is 11.3 Å². The molecule has 0 atom stereocenters. The summed E-state index contributed by atoms with van der Waals surface area (Å²) in [5.41, 5.74) is 7.51. The van der Waals surface area contributed by atoms with Gasteiger partial charge in [-0.25, -0.2) is 15.0 Å². The predicted molar refractivity (Wildman–Crippen MR) is 126 cm³/mol. The van der Waals surface area contributed by atoms with Gasteiger partial charge in [-0.05, 0) is 41.4 Å². The van der Waals surface area contributed by atoms with Gasteiger partial charge in [-0.2, -0.15) is 5.10 Å². The Morgan fingerprint density at radius 3 is 2.50 bits per heavy atom. The van der Waals surface area contributed by atoms with E-state index in [9.17, 15) is 9.90 Å². The van der Waals surface area contributed by atoms with Gasteiger partial charge in [0.1, 0.15) is 6.54 Å². The minimum Gasteiger partial charge on any atom is -0.872 e. The van der Waals surface area contributed by atoms with E-state index in [0.717, 1.165) is 27.5 Å². The van der Waals surface area contributed by atoms with Crippen LogP contribution < -0.4 is 15.1 Å². The van der Waals surface area contributed by atoms with Crippen LogP contribution in [0.3, 0.4) is 0 Å². The second-order valence-electron chi connectivity index (χ2n) is 7.28. The Kier molecular flexibility index (Phi) is 6.87. The maximum atomic E-state index is 12.5. The third kappa shape index (κ3) is 5.18. The van der Waals surface area contributed by atoms with Crippen molar-refractivity contribution in [3.63, 3.8) is 0 Å². The van der Waals surface area contributed by atoms with Crippen LogP contribution in [0, 0.1) is 0 Å². The van der Waals surface area contributed by atoms with E-state index in [-0.39, 0.29) is 17.4 Å². The molecule has 4 rings (SSSR count). The Morgan fingerprint density at radius 1 is 1.03 bits per heavy atom. The first-order valence-corrected chi connectivity index (χ1v) is 11.4. The fourth-order valence-electron chi connectivity index (χ4n) is 3.43. The number of rotatable bonds is 8. The number of nitrogens with one attached hydrogen (secondary N) is 2. The van der Waals surface area contributed by atoms with Gasteiger partial charge in [-0.1, -0.05) is 73.7 Å². The Labute approximate surface area is 191 Å². The van der Waals surface area contributed by atoms with Gasteiger partial charge in [0.05, 0.1) is 11.5 Å². The molecule has 3 aromatic carbocycles. The highest BCUT2D eigenvalue weighted by Crippen LogP contribution is 2.18. The molecule has 0 spiro atoms. The number of carbonyl (C=O) groups is 1. The Bertz CT molecular complexity index is 1230. The molecule has 0 aliphatic carbocycles. The molecule has 0 aliphatic rings. The van der Waals surface area contributed by atoms with Gasteiger partial charge in [0.25, 0.3) is 5.91 Å². The van der Waals surface area contributed by atoms with E-state index in [2.05, 4.69) is 38.3 Å².